The van der Waals surface area contributed by atoms with Gasteiger partial charge in [-0.3, -0.25) is 9.59 Å². The van der Waals surface area contributed by atoms with Gasteiger partial charge < -0.3 is 18.8 Å². The van der Waals surface area contributed by atoms with E-state index in [0.717, 1.165) is 11.8 Å². The van der Waals surface area contributed by atoms with Crippen LogP contribution in [-0.4, -0.2) is 49.6 Å². The Morgan fingerprint density at radius 3 is 2.59 bits per heavy atom. The molecule has 12 heteroatoms. The summed E-state index contributed by atoms with van der Waals surface area (Å²) in [5, 5.41) is 0.692. The summed E-state index contributed by atoms with van der Waals surface area (Å²) < 4.78 is 49.1. The number of alkyl halides is 3. The van der Waals surface area contributed by atoms with Crippen LogP contribution in [0.4, 0.5) is 13.2 Å². The predicted molar refractivity (Wildman–Crippen MR) is 130 cm³/mol. The van der Waals surface area contributed by atoms with Gasteiger partial charge in [0.05, 0.1) is 24.1 Å². The fourth-order valence-corrected chi connectivity index (χ4v) is 4.65. The topological polar surface area (TPSA) is 82.3 Å². The van der Waals surface area contributed by atoms with Gasteiger partial charge >= 0.3 is 6.18 Å². The highest BCUT2D eigenvalue weighted by Crippen LogP contribution is 2.36. The fourth-order valence-electron chi connectivity index (χ4n) is 4.38. The van der Waals surface area contributed by atoms with Crippen LogP contribution in [0.3, 0.4) is 0 Å². The van der Waals surface area contributed by atoms with E-state index in [1.165, 1.54) is 27.9 Å². The van der Waals surface area contributed by atoms with Gasteiger partial charge in [0.1, 0.15) is 29.4 Å². The van der Waals surface area contributed by atoms with Crippen LogP contribution in [-0.2, 0) is 12.7 Å². The summed E-state index contributed by atoms with van der Waals surface area (Å²) in [6, 6.07) is 7.02. The standard InChI is InChI=1S/C25H21ClF3N5O3/c1-14-9-16(26)10-17-20(11-21(25(27,28)29)31-22(14)17)37-8-7-32-5-6-34-19(23(32)35)4-3-18(24(34)36)33-12-15(2)30-13-33/h3-4,9-13H,5-8H2,1-2H3. The maximum atomic E-state index is 13.5. The van der Waals surface area contributed by atoms with E-state index in [-0.39, 0.29) is 54.7 Å². The van der Waals surface area contributed by atoms with Crippen LogP contribution in [0, 0.1) is 13.8 Å². The fraction of sp³-hybridized carbons (Fsp3) is 0.280. The molecule has 0 fully saturated rings. The minimum absolute atomic E-state index is 0.0238. The van der Waals surface area contributed by atoms with Gasteiger partial charge in [0.25, 0.3) is 11.5 Å². The highest BCUT2D eigenvalue weighted by Gasteiger charge is 2.34. The molecule has 192 valence electrons. The minimum Gasteiger partial charge on any atom is -0.491 e. The second kappa shape index (κ2) is 9.22. The molecule has 0 unspecified atom stereocenters. The molecular formula is C25H21ClF3N5O3. The third-order valence-electron chi connectivity index (χ3n) is 6.18. The number of carbonyl (C=O) groups is 1. The number of pyridine rings is 2. The first kappa shape index (κ1) is 24.8. The molecule has 37 heavy (non-hydrogen) atoms. The van der Waals surface area contributed by atoms with Gasteiger partial charge in [0.15, 0.2) is 0 Å². The average molecular weight is 532 g/mol. The van der Waals surface area contributed by atoms with Gasteiger partial charge in [-0.25, -0.2) is 9.97 Å². The number of fused-ring (bicyclic) bond motifs is 2. The molecule has 0 saturated carbocycles. The molecule has 0 aliphatic carbocycles. The number of benzene rings is 1. The molecule has 1 aliphatic heterocycles. The van der Waals surface area contributed by atoms with E-state index in [1.807, 2.05) is 6.92 Å². The number of carbonyl (C=O) groups excluding carboxylic acids is 1. The van der Waals surface area contributed by atoms with Crippen molar-refractivity contribution in [3.8, 4) is 11.4 Å². The maximum absolute atomic E-state index is 13.5. The van der Waals surface area contributed by atoms with Gasteiger partial charge in [0.2, 0.25) is 0 Å². The first-order valence-corrected chi connectivity index (χ1v) is 11.8. The number of nitrogens with zero attached hydrogens (tertiary/aromatic N) is 5. The number of halogens is 4. The maximum Gasteiger partial charge on any atom is 0.433 e. The molecule has 8 nitrogen and oxygen atoms in total. The lowest BCUT2D eigenvalue weighted by atomic mass is 10.1. The molecule has 0 N–H and O–H groups in total. The molecule has 4 aromatic rings. The molecule has 1 aliphatic rings. The molecule has 0 saturated heterocycles. The van der Waals surface area contributed by atoms with Crippen molar-refractivity contribution in [2.45, 2.75) is 26.6 Å². The molecule has 5 rings (SSSR count). The van der Waals surface area contributed by atoms with E-state index in [9.17, 15) is 22.8 Å². The number of ether oxygens (including phenoxy) is 1. The van der Waals surface area contributed by atoms with Crippen LogP contribution in [0.2, 0.25) is 5.02 Å². The van der Waals surface area contributed by atoms with E-state index in [4.69, 9.17) is 16.3 Å². The summed E-state index contributed by atoms with van der Waals surface area (Å²) in [4.78, 5) is 35.4. The van der Waals surface area contributed by atoms with Crippen molar-refractivity contribution in [3.05, 3.63) is 80.9 Å². The van der Waals surface area contributed by atoms with Crippen molar-refractivity contribution in [3.63, 3.8) is 0 Å². The summed E-state index contributed by atoms with van der Waals surface area (Å²) >= 11 is 6.12. The molecular weight excluding hydrogens is 511 g/mol. The smallest absolute Gasteiger partial charge is 0.433 e. The van der Waals surface area contributed by atoms with Gasteiger partial charge in [-0.05, 0) is 43.7 Å². The van der Waals surface area contributed by atoms with Crippen LogP contribution in [0.5, 0.6) is 5.75 Å². The van der Waals surface area contributed by atoms with Crippen molar-refractivity contribution < 1.29 is 22.7 Å². The van der Waals surface area contributed by atoms with Crippen molar-refractivity contribution >= 4 is 28.4 Å². The number of aryl methyl sites for hydroxylation is 2. The molecule has 0 bridgehead atoms. The van der Waals surface area contributed by atoms with Gasteiger partial charge in [-0.15, -0.1) is 0 Å². The molecule has 0 spiro atoms. The van der Waals surface area contributed by atoms with Crippen LogP contribution < -0.4 is 10.3 Å². The summed E-state index contributed by atoms with van der Waals surface area (Å²) in [6.45, 7) is 4.00. The van der Waals surface area contributed by atoms with Crippen molar-refractivity contribution in [2.24, 2.45) is 0 Å². The molecule has 4 heterocycles. The number of hydrogen-bond acceptors (Lipinski definition) is 5. The zero-order chi connectivity index (χ0) is 26.5. The lowest BCUT2D eigenvalue weighted by molar-refractivity contribution is -0.141. The zero-order valence-electron chi connectivity index (χ0n) is 19.8. The SMILES string of the molecule is Cc1cn(-c2ccc3n(c2=O)CCN(CCOc2cc(C(F)(F)F)nc4c(C)cc(Cl)cc24)C3=O)cn1. The Balaban J connectivity index is 1.36. The average Bonchev–Trinajstić information content (AvgIpc) is 3.26. The molecule has 0 atom stereocenters. The Labute approximate surface area is 213 Å². The third-order valence-corrected chi connectivity index (χ3v) is 6.40. The van der Waals surface area contributed by atoms with Crippen LogP contribution >= 0.6 is 11.6 Å². The molecule has 0 radical (unpaired) electrons. The molecule has 1 amide bonds. The van der Waals surface area contributed by atoms with Gasteiger partial charge in [-0.2, -0.15) is 13.2 Å². The van der Waals surface area contributed by atoms with Crippen LogP contribution in [0.15, 0.2) is 47.7 Å². The zero-order valence-corrected chi connectivity index (χ0v) is 20.6. The number of hydrogen-bond donors (Lipinski definition) is 0. The third kappa shape index (κ3) is 4.66. The van der Waals surface area contributed by atoms with Crippen LogP contribution in [0.25, 0.3) is 16.6 Å². The highest BCUT2D eigenvalue weighted by atomic mass is 35.5. The second-order valence-electron chi connectivity index (χ2n) is 8.75. The number of imidazole rings is 1. The Hall–Kier alpha value is -3.86. The molecule has 1 aromatic carbocycles. The second-order valence-corrected chi connectivity index (χ2v) is 9.18. The van der Waals surface area contributed by atoms with Crippen molar-refractivity contribution in [2.75, 3.05) is 19.7 Å². The summed E-state index contributed by atoms with van der Waals surface area (Å²) in [5.74, 6) is -0.390. The van der Waals surface area contributed by atoms with E-state index < -0.39 is 11.9 Å². The first-order chi connectivity index (χ1) is 17.5. The normalized spacial score (nSPS) is 13.8. The largest absolute Gasteiger partial charge is 0.491 e. The van der Waals surface area contributed by atoms with Gasteiger partial charge in [0, 0.05) is 35.8 Å². The predicted octanol–water partition coefficient (Wildman–Crippen LogP) is 4.41. The summed E-state index contributed by atoms with van der Waals surface area (Å²) in [5.41, 5.74) is 0.602. The first-order valence-electron chi connectivity index (χ1n) is 11.4. The highest BCUT2D eigenvalue weighted by molar-refractivity contribution is 6.31. The Kier molecular flexibility index (Phi) is 6.18. The van der Waals surface area contributed by atoms with E-state index in [1.54, 1.807) is 29.8 Å². The molecule has 3 aromatic heterocycles. The monoisotopic (exact) mass is 531 g/mol. The quantitative estimate of drug-likeness (QED) is 0.381. The lowest BCUT2D eigenvalue weighted by Gasteiger charge is -2.29. The van der Waals surface area contributed by atoms with E-state index >= 15 is 0 Å². The Bertz CT molecular complexity index is 1600. The van der Waals surface area contributed by atoms with E-state index in [2.05, 4.69) is 9.97 Å². The Morgan fingerprint density at radius 2 is 1.89 bits per heavy atom. The number of amides is 1. The van der Waals surface area contributed by atoms with Crippen molar-refractivity contribution in [1.29, 1.82) is 0 Å². The van der Waals surface area contributed by atoms with Crippen LogP contribution in [0.1, 0.15) is 27.4 Å². The lowest BCUT2D eigenvalue weighted by Crippen LogP contribution is -2.46. The van der Waals surface area contributed by atoms with Gasteiger partial charge in [-0.1, -0.05) is 11.6 Å². The summed E-state index contributed by atoms with van der Waals surface area (Å²) in [7, 11) is 0. The number of rotatable bonds is 5. The number of aromatic nitrogens is 4. The minimum atomic E-state index is -4.66. The van der Waals surface area contributed by atoms with Crippen molar-refractivity contribution in [1.82, 2.24) is 24.0 Å². The van der Waals surface area contributed by atoms with E-state index in [0.29, 0.717) is 21.7 Å². The summed E-state index contributed by atoms with van der Waals surface area (Å²) in [6.07, 6.45) is -1.40. The Morgan fingerprint density at radius 1 is 1.11 bits per heavy atom.